The number of carbonyl (C=O) groups is 1. The van der Waals surface area contributed by atoms with Crippen LogP contribution in [0.3, 0.4) is 0 Å². The minimum atomic E-state index is -0.0960. The predicted octanol–water partition coefficient (Wildman–Crippen LogP) is 4.07. The normalized spacial score (nSPS) is 13.2. The van der Waals surface area contributed by atoms with Crippen molar-refractivity contribution in [2.45, 2.75) is 13.0 Å². The molecule has 0 spiro atoms. The molecule has 1 aromatic heterocycles. The standard InChI is InChI=1S/C20H17ClN4O/c21-16-6-3-7-17(10-16)24-19-12-22-18(11-23-19)20(26)25-9-8-14-4-1-2-5-15(14)13-25/h1-7,10-12H,8-9,13H2,(H,23,24). The first-order valence-electron chi connectivity index (χ1n) is 8.40. The fourth-order valence-electron chi connectivity index (χ4n) is 3.05. The molecule has 0 bridgehead atoms. The SMILES string of the molecule is O=C(c1cnc(Nc2cccc(Cl)c2)cn1)N1CCc2ccccc2C1. The topological polar surface area (TPSA) is 58.1 Å². The monoisotopic (exact) mass is 364 g/mol. The third-order valence-electron chi connectivity index (χ3n) is 4.39. The van der Waals surface area contributed by atoms with Gasteiger partial charge in [-0.15, -0.1) is 0 Å². The molecule has 0 saturated carbocycles. The Morgan fingerprint density at radius 3 is 2.65 bits per heavy atom. The van der Waals surface area contributed by atoms with Gasteiger partial charge in [-0.05, 0) is 35.7 Å². The van der Waals surface area contributed by atoms with Crippen LogP contribution in [0, 0.1) is 0 Å². The van der Waals surface area contributed by atoms with E-state index in [1.807, 2.05) is 29.2 Å². The fourth-order valence-corrected chi connectivity index (χ4v) is 3.24. The highest BCUT2D eigenvalue weighted by Gasteiger charge is 2.22. The molecular formula is C20H17ClN4O. The van der Waals surface area contributed by atoms with Crippen LogP contribution in [0.15, 0.2) is 60.9 Å². The van der Waals surface area contributed by atoms with Gasteiger partial charge in [0.25, 0.3) is 5.91 Å². The van der Waals surface area contributed by atoms with Crippen LogP contribution in [0.5, 0.6) is 0 Å². The number of fused-ring (bicyclic) bond motifs is 1. The number of nitrogens with one attached hydrogen (secondary N) is 1. The molecule has 1 N–H and O–H groups in total. The number of aromatic nitrogens is 2. The molecule has 0 saturated heterocycles. The third kappa shape index (κ3) is 3.53. The van der Waals surface area contributed by atoms with Crippen molar-refractivity contribution in [3.63, 3.8) is 0 Å². The molecule has 5 nitrogen and oxygen atoms in total. The van der Waals surface area contributed by atoms with Crippen molar-refractivity contribution in [2.24, 2.45) is 0 Å². The highest BCUT2D eigenvalue weighted by atomic mass is 35.5. The molecule has 0 radical (unpaired) electrons. The number of nitrogens with zero attached hydrogens (tertiary/aromatic N) is 3. The van der Waals surface area contributed by atoms with Crippen LogP contribution in [0.25, 0.3) is 0 Å². The molecule has 1 aliphatic heterocycles. The van der Waals surface area contributed by atoms with E-state index in [1.165, 1.54) is 17.3 Å². The van der Waals surface area contributed by atoms with Gasteiger partial charge in [0, 0.05) is 23.8 Å². The van der Waals surface area contributed by atoms with Gasteiger partial charge in [0.05, 0.1) is 12.4 Å². The van der Waals surface area contributed by atoms with Crippen LogP contribution in [0.1, 0.15) is 21.6 Å². The van der Waals surface area contributed by atoms with E-state index >= 15 is 0 Å². The summed E-state index contributed by atoms with van der Waals surface area (Å²) in [6.07, 6.45) is 3.94. The molecule has 26 heavy (non-hydrogen) atoms. The Morgan fingerprint density at radius 2 is 1.88 bits per heavy atom. The second kappa shape index (κ2) is 7.14. The summed E-state index contributed by atoms with van der Waals surface area (Å²) < 4.78 is 0. The summed E-state index contributed by atoms with van der Waals surface area (Å²) in [4.78, 5) is 23.1. The Balaban J connectivity index is 1.46. The van der Waals surface area contributed by atoms with Crippen LogP contribution in [0.4, 0.5) is 11.5 Å². The number of amides is 1. The van der Waals surface area contributed by atoms with Gasteiger partial charge in [0.1, 0.15) is 11.5 Å². The number of hydrogen-bond acceptors (Lipinski definition) is 4. The van der Waals surface area contributed by atoms with Gasteiger partial charge in [-0.25, -0.2) is 9.97 Å². The van der Waals surface area contributed by atoms with Crippen LogP contribution >= 0.6 is 11.6 Å². The van der Waals surface area contributed by atoms with Gasteiger partial charge in [-0.1, -0.05) is 41.9 Å². The molecule has 0 atom stereocenters. The molecule has 0 aliphatic carbocycles. The third-order valence-corrected chi connectivity index (χ3v) is 4.62. The summed E-state index contributed by atoms with van der Waals surface area (Å²) >= 11 is 5.97. The zero-order valence-corrected chi connectivity index (χ0v) is 14.8. The van der Waals surface area contributed by atoms with Crippen LogP contribution < -0.4 is 5.32 Å². The Labute approximate surface area is 156 Å². The quantitative estimate of drug-likeness (QED) is 0.761. The highest BCUT2D eigenvalue weighted by molar-refractivity contribution is 6.30. The van der Waals surface area contributed by atoms with Crippen LogP contribution in [-0.4, -0.2) is 27.3 Å². The zero-order valence-electron chi connectivity index (χ0n) is 14.0. The predicted molar refractivity (Wildman–Crippen MR) is 102 cm³/mol. The lowest BCUT2D eigenvalue weighted by atomic mass is 10.00. The lowest BCUT2D eigenvalue weighted by Crippen LogP contribution is -2.36. The second-order valence-electron chi connectivity index (χ2n) is 6.17. The second-order valence-corrected chi connectivity index (χ2v) is 6.60. The maximum Gasteiger partial charge on any atom is 0.274 e. The molecule has 0 unspecified atom stereocenters. The van der Waals surface area contributed by atoms with Crippen molar-refractivity contribution in [2.75, 3.05) is 11.9 Å². The van der Waals surface area contributed by atoms with E-state index in [4.69, 9.17) is 11.6 Å². The van der Waals surface area contributed by atoms with Crippen molar-refractivity contribution < 1.29 is 4.79 Å². The summed E-state index contributed by atoms with van der Waals surface area (Å²) in [6.45, 7) is 1.30. The van der Waals surface area contributed by atoms with Crippen molar-refractivity contribution >= 4 is 29.0 Å². The van der Waals surface area contributed by atoms with E-state index in [0.29, 0.717) is 29.6 Å². The molecule has 2 heterocycles. The average molecular weight is 365 g/mol. The van der Waals surface area contributed by atoms with E-state index in [0.717, 1.165) is 12.1 Å². The molecule has 0 fully saturated rings. The van der Waals surface area contributed by atoms with Crippen LogP contribution in [-0.2, 0) is 13.0 Å². The molecule has 1 aliphatic rings. The number of hydrogen-bond donors (Lipinski definition) is 1. The Hall–Kier alpha value is -2.92. The lowest BCUT2D eigenvalue weighted by Gasteiger charge is -2.28. The Morgan fingerprint density at radius 1 is 1.04 bits per heavy atom. The minimum Gasteiger partial charge on any atom is -0.339 e. The van der Waals surface area contributed by atoms with Gasteiger partial charge in [-0.3, -0.25) is 4.79 Å². The average Bonchev–Trinajstić information content (AvgIpc) is 2.68. The Kier molecular flexibility index (Phi) is 4.54. The number of carbonyl (C=O) groups excluding carboxylic acids is 1. The molecule has 3 aromatic rings. The first kappa shape index (κ1) is 16.5. The number of anilines is 2. The maximum atomic E-state index is 12.7. The highest BCUT2D eigenvalue weighted by Crippen LogP contribution is 2.21. The summed E-state index contributed by atoms with van der Waals surface area (Å²) in [6, 6.07) is 15.6. The summed E-state index contributed by atoms with van der Waals surface area (Å²) in [5.41, 5.74) is 3.67. The fraction of sp³-hybridized carbons (Fsp3) is 0.150. The van der Waals surface area contributed by atoms with E-state index in [9.17, 15) is 4.79 Å². The van der Waals surface area contributed by atoms with Gasteiger partial charge >= 0.3 is 0 Å². The summed E-state index contributed by atoms with van der Waals surface area (Å²) in [5, 5.41) is 3.76. The number of rotatable bonds is 3. The van der Waals surface area contributed by atoms with E-state index < -0.39 is 0 Å². The maximum absolute atomic E-state index is 12.7. The van der Waals surface area contributed by atoms with E-state index in [1.54, 1.807) is 18.3 Å². The summed E-state index contributed by atoms with van der Waals surface area (Å²) in [7, 11) is 0. The Bertz CT molecular complexity index is 943. The largest absolute Gasteiger partial charge is 0.339 e. The molecule has 4 rings (SSSR count). The number of benzene rings is 2. The molecular weight excluding hydrogens is 348 g/mol. The lowest BCUT2D eigenvalue weighted by molar-refractivity contribution is 0.0728. The molecule has 6 heteroatoms. The van der Waals surface area contributed by atoms with Crippen molar-refractivity contribution in [1.82, 2.24) is 14.9 Å². The van der Waals surface area contributed by atoms with Crippen molar-refractivity contribution in [3.05, 3.63) is 82.8 Å². The summed E-state index contributed by atoms with van der Waals surface area (Å²) in [5.74, 6) is 0.467. The van der Waals surface area contributed by atoms with E-state index in [-0.39, 0.29) is 5.91 Å². The first-order chi connectivity index (χ1) is 12.7. The zero-order chi connectivity index (χ0) is 17.9. The van der Waals surface area contributed by atoms with Gasteiger partial charge in [-0.2, -0.15) is 0 Å². The van der Waals surface area contributed by atoms with Crippen LogP contribution in [0.2, 0.25) is 5.02 Å². The number of halogens is 1. The first-order valence-corrected chi connectivity index (χ1v) is 8.77. The van der Waals surface area contributed by atoms with Crippen molar-refractivity contribution in [1.29, 1.82) is 0 Å². The van der Waals surface area contributed by atoms with Gasteiger partial charge in [0.2, 0.25) is 0 Å². The van der Waals surface area contributed by atoms with Crippen molar-refractivity contribution in [3.8, 4) is 0 Å². The van der Waals surface area contributed by atoms with Gasteiger partial charge < -0.3 is 10.2 Å². The van der Waals surface area contributed by atoms with E-state index in [2.05, 4.69) is 27.4 Å². The molecule has 130 valence electrons. The smallest absolute Gasteiger partial charge is 0.274 e. The van der Waals surface area contributed by atoms with Gasteiger partial charge in [0.15, 0.2) is 0 Å². The molecule has 2 aromatic carbocycles. The minimum absolute atomic E-state index is 0.0960. The molecule has 1 amide bonds.